The fraction of sp³-hybridized carbons (Fsp3) is 0.438. The second kappa shape index (κ2) is 5.98. The molecule has 1 fully saturated rings. The molecule has 6 heteroatoms. The van der Waals surface area contributed by atoms with Crippen molar-refractivity contribution in [3.63, 3.8) is 0 Å². The molecule has 0 spiro atoms. The zero-order valence-corrected chi connectivity index (χ0v) is 12.8. The lowest BCUT2D eigenvalue weighted by atomic mass is 9.96. The van der Waals surface area contributed by atoms with Crippen molar-refractivity contribution >= 4 is 6.34 Å². The number of rotatable bonds is 4. The molecule has 1 saturated heterocycles. The maximum atomic E-state index is 6.29. The first-order valence-electron chi connectivity index (χ1n) is 7.72. The predicted octanol–water partition coefficient (Wildman–Crippen LogP) is 0.198. The molecule has 3 rings (SSSR count). The van der Waals surface area contributed by atoms with Gasteiger partial charge in [-0.05, 0) is 37.1 Å². The van der Waals surface area contributed by atoms with Crippen LogP contribution in [0.25, 0.3) is 0 Å². The zero-order valence-electron chi connectivity index (χ0n) is 12.8. The number of benzene rings is 1. The molecule has 2 aliphatic heterocycles. The lowest BCUT2D eigenvalue weighted by molar-refractivity contribution is 0.331. The summed E-state index contributed by atoms with van der Waals surface area (Å²) in [6, 6.07) is 8.51. The van der Waals surface area contributed by atoms with Crippen LogP contribution in [0.2, 0.25) is 0 Å². The Bertz CT molecular complexity index is 585. The fourth-order valence-corrected chi connectivity index (χ4v) is 3.01. The van der Waals surface area contributed by atoms with Crippen LogP contribution in [0, 0.1) is 0 Å². The van der Waals surface area contributed by atoms with E-state index in [2.05, 4.69) is 39.5 Å². The van der Waals surface area contributed by atoms with Gasteiger partial charge in [-0.15, -0.1) is 0 Å². The molecule has 0 aromatic heterocycles. The molecule has 0 saturated carbocycles. The van der Waals surface area contributed by atoms with E-state index < -0.39 is 5.66 Å². The molecule has 22 heavy (non-hydrogen) atoms. The van der Waals surface area contributed by atoms with Gasteiger partial charge in [0.25, 0.3) is 0 Å². The highest BCUT2D eigenvalue weighted by atomic mass is 15.2. The van der Waals surface area contributed by atoms with Crippen molar-refractivity contribution < 1.29 is 0 Å². The Balaban J connectivity index is 1.68. The third-order valence-electron chi connectivity index (χ3n) is 4.37. The summed E-state index contributed by atoms with van der Waals surface area (Å²) in [7, 11) is 0. The molecule has 2 aliphatic rings. The fourth-order valence-electron chi connectivity index (χ4n) is 3.01. The van der Waals surface area contributed by atoms with E-state index in [1.807, 2.05) is 0 Å². The minimum atomic E-state index is -0.966. The van der Waals surface area contributed by atoms with Gasteiger partial charge in [-0.25, -0.2) is 4.99 Å². The molecule has 1 atom stereocenters. The smallest absolute Gasteiger partial charge is 0.157 e. The highest BCUT2D eigenvalue weighted by molar-refractivity contribution is 5.61. The van der Waals surface area contributed by atoms with Crippen LogP contribution in [-0.2, 0) is 13.0 Å². The number of aliphatic imine (C=N–C) groups is 1. The Kier molecular flexibility index (Phi) is 4.04. The molecule has 0 bridgehead atoms. The first-order chi connectivity index (χ1) is 10.6. The van der Waals surface area contributed by atoms with Crippen molar-refractivity contribution in [3.05, 3.63) is 46.9 Å². The lowest BCUT2D eigenvalue weighted by Crippen LogP contribution is -2.51. The lowest BCUT2D eigenvalue weighted by Gasteiger charge is -2.30. The van der Waals surface area contributed by atoms with E-state index in [4.69, 9.17) is 17.2 Å². The Hall–Kier alpha value is -2.05. The topological polar surface area (TPSA) is 106 Å². The van der Waals surface area contributed by atoms with E-state index in [9.17, 15) is 0 Å². The average molecular weight is 300 g/mol. The quantitative estimate of drug-likeness (QED) is 0.635. The van der Waals surface area contributed by atoms with Crippen LogP contribution in [0.5, 0.6) is 0 Å². The van der Waals surface area contributed by atoms with Gasteiger partial charge in [0.2, 0.25) is 0 Å². The van der Waals surface area contributed by atoms with Crippen molar-refractivity contribution in [1.29, 1.82) is 0 Å². The monoisotopic (exact) mass is 300 g/mol. The third-order valence-corrected chi connectivity index (χ3v) is 4.37. The van der Waals surface area contributed by atoms with Crippen LogP contribution in [0.4, 0.5) is 0 Å². The summed E-state index contributed by atoms with van der Waals surface area (Å²) in [6.07, 6.45) is 4.66. The SMILES string of the molecule is NC1=C(N)C(N)(Cc2ccc(CN3CCCC3)cc2)N=CN1. The molecule has 7 N–H and O–H groups in total. The zero-order chi connectivity index (χ0) is 15.6. The normalized spacial score (nSPS) is 25.5. The third kappa shape index (κ3) is 3.08. The minimum Gasteiger partial charge on any atom is -0.396 e. The second-order valence-electron chi connectivity index (χ2n) is 6.13. The molecule has 1 aromatic carbocycles. The van der Waals surface area contributed by atoms with E-state index in [-0.39, 0.29) is 0 Å². The first kappa shape index (κ1) is 14.9. The van der Waals surface area contributed by atoms with E-state index in [0.29, 0.717) is 17.9 Å². The highest BCUT2D eigenvalue weighted by Gasteiger charge is 2.31. The van der Waals surface area contributed by atoms with Crippen LogP contribution >= 0.6 is 0 Å². The summed E-state index contributed by atoms with van der Waals surface area (Å²) >= 11 is 0. The maximum Gasteiger partial charge on any atom is 0.157 e. The van der Waals surface area contributed by atoms with Crippen LogP contribution in [-0.4, -0.2) is 30.0 Å². The van der Waals surface area contributed by atoms with E-state index in [1.54, 1.807) is 0 Å². The van der Waals surface area contributed by atoms with Crippen molar-refractivity contribution in [1.82, 2.24) is 10.2 Å². The number of nitrogens with zero attached hydrogens (tertiary/aromatic N) is 2. The van der Waals surface area contributed by atoms with E-state index >= 15 is 0 Å². The number of hydrogen-bond donors (Lipinski definition) is 4. The summed E-state index contributed by atoms with van der Waals surface area (Å²) in [6.45, 7) is 3.43. The molecule has 0 amide bonds. The van der Waals surface area contributed by atoms with Crippen LogP contribution in [0.1, 0.15) is 24.0 Å². The van der Waals surface area contributed by atoms with E-state index in [1.165, 1.54) is 37.8 Å². The molecule has 1 unspecified atom stereocenters. The first-order valence-corrected chi connectivity index (χ1v) is 7.72. The summed E-state index contributed by atoms with van der Waals surface area (Å²) in [5, 5.41) is 2.78. The van der Waals surface area contributed by atoms with Crippen LogP contribution < -0.4 is 22.5 Å². The van der Waals surface area contributed by atoms with Gasteiger partial charge in [-0.1, -0.05) is 24.3 Å². The molecule has 0 aliphatic carbocycles. The summed E-state index contributed by atoms with van der Waals surface area (Å²) in [5.41, 5.74) is 19.9. The molecule has 1 aromatic rings. The molecule has 6 nitrogen and oxygen atoms in total. The van der Waals surface area contributed by atoms with Gasteiger partial charge in [-0.3, -0.25) is 4.90 Å². The molecule has 2 heterocycles. The number of nitrogens with two attached hydrogens (primary N) is 3. The van der Waals surface area contributed by atoms with Gasteiger partial charge in [0, 0.05) is 13.0 Å². The van der Waals surface area contributed by atoms with Crippen molar-refractivity contribution in [3.8, 4) is 0 Å². The van der Waals surface area contributed by atoms with Gasteiger partial charge >= 0.3 is 0 Å². The maximum absolute atomic E-state index is 6.29. The van der Waals surface area contributed by atoms with E-state index in [0.717, 1.165) is 12.1 Å². The predicted molar refractivity (Wildman–Crippen MR) is 88.6 cm³/mol. The van der Waals surface area contributed by atoms with Crippen molar-refractivity contribution in [2.75, 3.05) is 13.1 Å². The average Bonchev–Trinajstić information content (AvgIpc) is 3.00. The standard InChI is InChI=1S/C16H24N6/c17-14-15(18)20-11-21-16(14,19)9-12-3-5-13(6-4-12)10-22-7-1-2-8-22/h3-6,11H,1-2,7-10,17-19H2,(H,20,21). The van der Waals surface area contributed by atoms with Crippen molar-refractivity contribution in [2.45, 2.75) is 31.5 Å². The summed E-state index contributed by atoms with van der Waals surface area (Å²) in [5.74, 6) is 0.378. The Labute approximate surface area is 131 Å². The minimum absolute atomic E-state index is 0.378. The van der Waals surface area contributed by atoms with Crippen LogP contribution in [0.15, 0.2) is 40.8 Å². The van der Waals surface area contributed by atoms with Gasteiger partial charge in [0.1, 0.15) is 5.82 Å². The van der Waals surface area contributed by atoms with Crippen LogP contribution in [0.3, 0.4) is 0 Å². The van der Waals surface area contributed by atoms with Gasteiger partial charge in [0.05, 0.1) is 12.0 Å². The Morgan fingerprint density at radius 2 is 1.73 bits per heavy atom. The molecular weight excluding hydrogens is 276 g/mol. The van der Waals surface area contributed by atoms with Gasteiger partial charge in [-0.2, -0.15) is 0 Å². The van der Waals surface area contributed by atoms with Crippen molar-refractivity contribution in [2.24, 2.45) is 22.2 Å². The largest absolute Gasteiger partial charge is 0.396 e. The molecule has 118 valence electrons. The van der Waals surface area contributed by atoms with Gasteiger partial charge in [0.15, 0.2) is 5.66 Å². The number of likely N-dealkylation sites (tertiary alicyclic amines) is 1. The molecule has 0 radical (unpaired) electrons. The summed E-state index contributed by atoms with van der Waals surface area (Å²) in [4.78, 5) is 6.75. The van der Waals surface area contributed by atoms with Gasteiger partial charge < -0.3 is 22.5 Å². The number of hydrogen-bond acceptors (Lipinski definition) is 6. The molecular formula is C16H24N6. The Morgan fingerprint density at radius 3 is 2.41 bits per heavy atom. The summed E-state index contributed by atoms with van der Waals surface area (Å²) < 4.78 is 0. The Morgan fingerprint density at radius 1 is 1.09 bits per heavy atom. The highest BCUT2D eigenvalue weighted by Crippen LogP contribution is 2.21. The second-order valence-corrected chi connectivity index (χ2v) is 6.13. The number of nitrogens with one attached hydrogen (secondary N) is 1.